The van der Waals surface area contributed by atoms with Gasteiger partial charge in [0.15, 0.2) is 0 Å². The standard InChI is InChI=1S/C18H30O8/c19-15(20)11-7-3-1-5-9-13(17(23)24)14(18(25)26)10-6-2-4-8-12-16(21)22/h13-14H,1-12H2,(H,19,20)(H,21,22)(H,23,24)(H,25,26). The molecule has 0 aromatic carbocycles. The maximum Gasteiger partial charge on any atom is 0.307 e. The van der Waals surface area contributed by atoms with E-state index in [0.717, 1.165) is 0 Å². The molecule has 2 atom stereocenters. The summed E-state index contributed by atoms with van der Waals surface area (Å²) in [5, 5.41) is 35.8. The van der Waals surface area contributed by atoms with Crippen molar-refractivity contribution >= 4 is 23.9 Å². The maximum atomic E-state index is 11.5. The van der Waals surface area contributed by atoms with Crippen molar-refractivity contribution in [3.05, 3.63) is 0 Å². The van der Waals surface area contributed by atoms with Gasteiger partial charge in [0.2, 0.25) is 0 Å². The molecule has 0 aliphatic rings. The van der Waals surface area contributed by atoms with E-state index in [4.69, 9.17) is 10.2 Å². The predicted octanol–water partition coefficient (Wildman–Crippen LogP) is 3.24. The number of hydrogen-bond donors (Lipinski definition) is 4. The first-order chi connectivity index (χ1) is 12.3. The highest BCUT2D eigenvalue weighted by molar-refractivity contribution is 5.79. The lowest BCUT2D eigenvalue weighted by Crippen LogP contribution is -2.30. The smallest absolute Gasteiger partial charge is 0.307 e. The summed E-state index contributed by atoms with van der Waals surface area (Å²) < 4.78 is 0. The molecule has 8 nitrogen and oxygen atoms in total. The van der Waals surface area contributed by atoms with Crippen LogP contribution in [-0.4, -0.2) is 44.3 Å². The highest BCUT2D eigenvalue weighted by Crippen LogP contribution is 2.26. The van der Waals surface area contributed by atoms with Crippen LogP contribution in [0.1, 0.15) is 77.0 Å². The van der Waals surface area contributed by atoms with Crippen LogP contribution in [0.5, 0.6) is 0 Å². The van der Waals surface area contributed by atoms with Crippen LogP contribution in [0.25, 0.3) is 0 Å². The molecular formula is C18H30O8. The van der Waals surface area contributed by atoms with Gasteiger partial charge in [0.25, 0.3) is 0 Å². The second-order valence-corrected chi connectivity index (χ2v) is 6.58. The lowest BCUT2D eigenvalue weighted by molar-refractivity contribution is -0.154. The van der Waals surface area contributed by atoms with Crippen molar-refractivity contribution in [2.75, 3.05) is 0 Å². The van der Waals surface area contributed by atoms with Crippen LogP contribution in [-0.2, 0) is 19.2 Å². The monoisotopic (exact) mass is 374 g/mol. The van der Waals surface area contributed by atoms with Gasteiger partial charge in [-0.3, -0.25) is 19.2 Å². The number of carboxylic acids is 4. The fourth-order valence-electron chi connectivity index (χ4n) is 2.98. The predicted molar refractivity (Wildman–Crippen MR) is 92.9 cm³/mol. The van der Waals surface area contributed by atoms with Crippen LogP contribution in [0.3, 0.4) is 0 Å². The highest BCUT2D eigenvalue weighted by Gasteiger charge is 2.32. The third-order valence-electron chi connectivity index (χ3n) is 4.43. The Bertz CT molecular complexity index is 418. The average molecular weight is 374 g/mol. The highest BCUT2D eigenvalue weighted by atomic mass is 16.4. The second-order valence-electron chi connectivity index (χ2n) is 6.58. The Morgan fingerprint density at radius 3 is 1.08 bits per heavy atom. The zero-order valence-electron chi connectivity index (χ0n) is 15.1. The van der Waals surface area contributed by atoms with Crippen molar-refractivity contribution in [1.82, 2.24) is 0 Å². The van der Waals surface area contributed by atoms with Gasteiger partial charge in [0.1, 0.15) is 0 Å². The van der Waals surface area contributed by atoms with Gasteiger partial charge in [-0.25, -0.2) is 0 Å². The molecule has 2 unspecified atom stereocenters. The van der Waals surface area contributed by atoms with Crippen molar-refractivity contribution in [3.8, 4) is 0 Å². The van der Waals surface area contributed by atoms with Crippen LogP contribution in [0, 0.1) is 11.8 Å². The summed E-state index contributed by atoms with van der Waals surface area (Å²) in [6, 6.07) is 0. The Morgan fingerprint density at radius 2 is 0.808 bits per heavy atom. The van der Waals surface area contributed by atoms with Gasteiger partial charge in [-0.15, -0.1) is 0 Å². The molecule has 0 amide bonds. The minimum atomic E-state index is -1.12. The molecule has 0 fully saturated rings. The van der Waals surface area contributed by atoms with Gasteiger partial charge < -0.3 is 20.4 Å². The molecule has 0 heterocycles. The first-order valence-electron chi connectivity index (χ1n) is 9.15. The van der Waals surface area contributed by atoms with E-state index in [1.54, 1.807) is 0 Å². The fourth-order valence-corrected chi connectivity index (χ4v) is 2.98. The van der Waals surface area contributed by atoms with Crippen LogP contribution in [0.4, 0.5) is 0 Å². The van der Waals surface area contributed by atoms with Crippen molar-refractivity contribution in [2.45, 2.75) is 77.0 Å². The zero-order valence-corrected chi connectivity index (χ0v) is 15.1. The number of carboxylic acid groups (broad SMARTS) is 4. The Morgan fingerprint density at radius 1 is 0.500 bits per heavy atom. The summed E-state index contributed by atoms with van der Waals surface area (Å²) in [5.41, 5.74) is 0. The van der Waals surface area contributed by atoms with Crippen LogP contribution in [0.15, 0.2) is 0 Å². The first-order valence-corrected chi connectivity index (χ1v) is 9.15. The number of carbonyl (C=O) groups is 4. The summed E-state index contributed by atoms with van der Waals surface area (Å²) >= 11 is 0. The molecule has 0 aromatic heterocycles. The van der Waals surface area contributed by atoms with Crippen molar-refractivity contribution in [2.24, 2.45) is 11.8 Å². The van der Waals surface area contributed by atoms with E-state index >= 15 is 0 Å². The van der Waals surface area contributed by atoms with Gasteiger partial charge in [-0.2, -0.15) is 0 Å². The topological polar surface area (TPSA) is 149 Å². The summed E-state index contributed by atoms with van der Waals surface area (Å²) in [5.74, 6) is -5.86. The molecule has 26 heavy (non-hydrogen) atoms. The van der Waals surface area contributed by atoms with Crippen LogP contribution < -0.4 is 0 Å². The number of hydrogen-bond acceptors (Lipinski definition) is 4. The summed E-state index contributed by atoms with van der Waals surface area (Å²) in [4.78, 5) is 43.8. The van der Waals surface area contributed by atoms with E-state index in [2.05, 4.69) is 0 Å². The third kappa shape index (κ3) is 12.3. The van der Waals surface area contributed by atoms with Crippen LogP contribution >= 0.6 is 0 Å². The SMILES string of the molecule is O=C(O)CCCCCCC(C(=O)O)C(CCCCCCC(=O)O)C(=O)O. The molecule has 0 aliphatic heterocycles. The molecule has 0 spiro atoms. The largest absolute Gasteiger partial charge is 0.481 e. The number of aliphatic carboxylic acids is 4. The van der Waals surface area contributed by atoms with E-state index < -0.39 is 35.7 Å². The lowest BCUT2D eigenvalue weighted by Gasteiger charge is -2.20. The van der Waals surface area contributed by atoms with E-state index in [9.17, 15) is 29.4 Å². The first kappa shape index (κ1) is 23.9. The molecule has 0 aromatic rings. The molecular weight excluding hydrogens is 344 g/mol. The van der Waals surface area contributed by atoms with Gasteiger partial charge in [0.05, 0.1) is 11.8 Å². The molecule has 0 aliphatic carbocycles. The molecule has 150 valence electrons. The van der Waals surface area contributed by atoms with E-state index in [-0.39, 0.29) is 25.7 Å². The average Bonchev–Trinajstić information content (AvgIpc) is 2.53. The van der Waals surface area contributed by atoms with E-state index in [0.29, 0.717) is 51.4 Å². The van der Waals surface area contributed by atoms with Crippen LogP contribution in [0.2, 0.25) is 0 Å². The molecule has 0 saturated heterocycles. The Labute approximate surface area is 153 Å². The summed E-state index contributed by atoms with van der Waals surface area (Å²) in [6.45, 7) is 0. The molecule has 0 saturated carbocycles. The summed E-state index contributed by atoms with van der Waals surface area (Å²) in [7, 11) is 0. The Hall–Kier alpha value is -2.12. The number of rotatable bonds is 17. The van der Waals surface area contributed by atoms with E-state index in [1.807, 2.05) is 0 Å². The Kier molecular flexibility index (Phi) is 12.9. The number of unbranched alkanes of at least 4 members (excludes halogenated alkanes) is 6. The normalized spacial score (nSPS) is 13.1. The third-order valence-corrected chi connectivity index (χ3v) is 4.43. The Balaban J connectivity index is 4.26. The zero-order chi connectivity index (χ0) is 19.9. The minimum absolute atomic E-state index is 0.0853. The van der Waals surface area contributed by atoms with Gasteiger partial charge in [0, 0.05) is 12.8 Å². The fraction of sp³-hybridized carbons (Fsp3) is 0.778. The van der Waals surface area contributed by atoms with E-state index in [1.165, 1.54) is 0 Å². The second kappa shape index (κ2) is 14.1. The maximum absolute atomic E-state index is 11.5. The van der Waals surface area contributed by atoms with Crippen molar-refractivity contribution < 1.29 is 39.6 Å². The molecule has 8 heteroatoms. The van der Waals surface area contributed by atoms with Gasteiger partial charge in [-0.1, -0.05) is 38.5 Å². The molecule has 4 N–H and O–H groups in total. The quantitative estimate of drug-likeness (QED) is 0.283. The molecule has 0 bridgehead atoms. The minimum Gasteiger partial charge on any atom is -0.481 e. The van der Waals surface area contributed by atoms with Crippen molar-refractivity contribution in [3.63, 3.8) is 0 Å². The van der Waals surface area contributed by atoms with Crippen molar-refractivity contribution in [1.29, 1.82) is 0 Å². The molecule has 0 radical (unpaired) electrons. The molecule has 0 rings (SSSR count). The lowest BCUT2D eigenvalue weighted by atomic mass is 9.84. The van der Waals surface area contributed by atoms with Gasteiger partial charge >= 0.3 is 23.9 Å². The summed E-state index contributed by atoms with van der Waals surface area (Å²) in [6.07, 6.45) is 5.59. The van der Waals surface area contributed by atoms with Gasteiger partial charge in [-0.05, 0) is 25.7 Å².